The Hall–Kier alpha value is -2.01. The van der Waals surface area contributed by atoms with Crippen LogP contribution in [0.5, 0.6) is 0 Å². The zero-order chi connectivity index (χ0) is 18.4. The molecule has 1 fully saturated rings. The summed E-state index contributed by atoms with van der Waals surface area (Å²) in [5, 5.41) is 16.1. The number of aromatic nitrogens is 3. The molecule has 0 aliphatic carbocycles. The van der Waals surface area contributed by atoms with Gasteiger partial charge in [-0.05, 0) is 25.2 Å². The summed E-state index contributed by atoms with van der Waals surface area (Å²) in [7, 11) is -3.43. The Morgan fingerprint density at radius 1 is 1.36 bits per heavy atom. The first kappa shape index (κ1) is 19.3. The Kier molecular flexibility index (Phi) is 6.48. The van der Waals surface area contributed by atoms with E-state index in [1.807, 2.05) is 4.90 Å². The number of carboxylic acid groups (broad SMARTS) is 1. The fourth-order valence-electron chi connectivity index (χ4n) is 3.35. The molecule has 10 nitrogen and oxygen atoms in total. The van der Waals surface area contributed by atoms with E-state index in [2.05, 4.69) is 10.1 Å². The number of piperidine rings is 1. The fraction of sp³-hybridized carbons (Fsp3) is 0.714. The van der Waals surface area contributed by atoms with Gasteiger partial charge in [-0.1, -0.05) is 0 Å². The van der Waals surface area contributed by atoms with Crippen molar-refractivity contribution < 1.29 is 23.1 Å². The number of carbonyl (C=O) groups is 2. The summed E-state index contributed by atoms with van der Waals surface area (Å²) >= 11 is 0. The molecule has 3 heterocycles. The van der Waals surface area contributed by atoms with Gasteiger partial charge in [0.05, 0.1) is 18.2 Å². The molecule has 1 aromatic rings. The highest BCUT2D eigenvalue weighted by atomic mass is 32.2. The van der Waals surface area contributed by atoms with Gasteiger partial charge < -0.3 is 10.0 Å². The van der Waals surface area contributed by atoms with Crippen molar-refractivity contribution in [1.29, 1.82) is 0 Å². The quantitative estimate of drug-likeness (QED) is 0.650. The third kappa shape index (κ3) is 5.49. The molecule has 1 amide bonds. The Bertz CT molecular complexity index is 696. The van der Waals surface area contributed by atoms with E-state index in [9.17, 15) is 13.2 Å². The van der Waals surface area contributed by atoms with E-state index < -0.39 is 10.0 Å². The molecule has 0 radical (unpaired) electrons. The molecule has 3 rings (SSSR count). The minimum atomic E-state index is -3.43. The number of likely N-dealkylation sites (tertiary alicyclic amines) is 1. The Morgan fingerprint density at radius 3 is 2.60 bits per heavy atom. The lowest BCUT2D eigenvalue weighted by molar-refractivity contribution is -0.138. The second-order valence-electron chi connectivity index (χ2n) is 6.30. The minimum absolute atomic E-state index is 0.0147. The average Bonchev–Trinajstić information content (AvgIpc) is 3.01. The molecule has 0 bridgehead atoms. The van der Waals surface area contributed by atoms with Crippen LogP contribution < -0.4 is 5.14 Å². The maximum atomic E-state index is 12.6. The van der Waals surface area contributed by atoms with Gasteiger partial charge in [-0.25, -0.2) is 23.2 Å². The first-order valence-electron chi connectivity index (χ1n) is 8.08. The van der Waals surface area contributed by atoms with Crippen LogP contribution in [0.25, 0.3) is 0 Å². The molecule has 1 unspecified atom stereocenters. The van der Waals surface area contributed by atoms with E-state index in [0.717, 1.165) is 18.7 Å². The molecular weight excluding hydrogens is 350 g/mol. The number of nitrogens with two attached hydrogens (primary N) is 1. The van der Waals surface area contributed by atoms with Crippen LogP contribution in [0.15, 0.2) is 6.33 Å². The first-order valence-corrected chi connectivity index (χ1v) is 9.79. The van der Waals surface area contributed by atoms with Crippen molar-refractivity contribution in [2.24, 2.45) is 17.0 Å². The van der Waals surface area contributed by atoms with Gasteiger partial charge in [0, 0.05) is 19.5 Å². The average molecular weight is 373 g/mol. The van der Waals surface area contributed by atoms with Crippen molar-refractivity contribution >= 4 is 22.4 Å². The van der Waals surface area contributed by atoms with Crippen LogP contribution in [0.4, 0.5) is 0 Å². The molecule has 0 spiro atoms. The van der Waals surface area contributed by atoms with Crippen LogP contribution in [0.3, 0.4) is 0 Å². The summed E-state index contributed by atoms with van der Waals surface area (Å²) in [5.74, 6) is 1.11. The van der Waals surface area contributed by atoms with E-state index in [4.69, 9.17) is 15.0 Å². The molecule has 3 N–H and O–H groups in total. The molecule has 2 aliphatic heterocycles. The van der Waals surface area contributed by atoms with Crippen molar-refractivity contribution in [2.45, 2.75) is 32.2 Å². The third-order valence-electron chi connectivity index (χ3n) is 4.55. The summed E-state index contributed by atoms with van der Waals surface area (Å²) in [5.41, 5.74) is 0. The lowest BCUT2D eigenvalue weighted by atomic mass is 9.94. The molecule has 11 heteroatoms. The van der Waals surface area contributed by atoms with E-state index in [1.54, 1.807) is 4.68 Å². The summed E-state index contributed by atoms with van der Waals surface area (Å²) in [6.45, 7) is 1.56. The Labute approximate surface area is 146 Å². The number of sulfonamides is 1. The molecule has 25 heavy (non-hydrogen) atoms. The van der Waals surface area contributed by atoms with Crippen molar-refractivity contribution in [2.75, 3.05) is 18.8 Å². The van der Waals surface area contributed by atoms with Crippen molar-refractivity contribution in [3.63, 3.8) is 0 Å². The second kappa shape index (κ2) is 8.39. The zero-order valence-corrected chi connectivity index (χ0v) is 14.6. The number of hydrogen-bond donors (Lipinski definition) is 2. The predicted molar refractivity (Wildman–Crippen MR) is 87.8 cm³/mol. The molecule has 0 saturated carbocycles. The van der Waals surface area contributed by atoms with E-state index in [-0.39, 0.29) is 30.0 Å². The molecule has 1 saturated heterocycles. The molecule has 1 aromatic heterocycles. The van der Waals surface area contributed by atoms with Gasteiger partial charge >= 0.3 is 0 Å². The smallest absolute Gasteiger partial charge is 0.290 e. The number of fused-ring (bicyclic) bond motifs is 1. The van der Waals surface area contributed by atoms with Gasteiger partial charge in [0.15, 0.2) is 0 Å². The topological polar surface area (TPSA) is 148 Å². The summed E-state index contributed by atoms with van der Waals surface area (Å²) < 4.78 is 24.1. The third-order valence-corrected chi connectivity index (χ3v) is 5.48. The molecule has 0 aromatic carbocycles. The van der Waals surface area contributed by atoms with E-state index in [0.29, 0.717) is 32.5 Å². The lowest BCUT2D eigenvalue weighted by Crippen LogP contribution is -2.45. The Morgan fingerprint density at radius 2 is 2.00 bits per heavy atom. The fourth-order valence-corrected chi connectivity index (χ4v) is 4.34. The molecule has 1 atom stereocenters. The van der Waals surface area contributed by atoms with Crippen LogP contribution in [-0.2, 0) is 32.6 Å². The first-order chi connectivity index (χ1) is 11.8. The summed E-state index contributed by atoms with van der Waals surface area (Å²) in [6, 6.07) is 0. The number of aryl methyl sites for hydroxylation is 1. The lowest BCUT2D eigenvalue weighted by Gasteiger charge is -2.34. The van der Waals surface area contributed by atoms with Gasteiger partial charge in [-0.3, -0.25) is 9.59 Å². The molecule has 140 valence electrons. The number of hydrogen-bond acceptors (Lipinski definition) is 6. The minimum Gasteiger partial charge on any atom is -0.483 e. The highest BCUT2D eigenvalue weighted by molar-refractivity contribution is 7.89. The standard InChI is InChI=1S/C13H21N5O3S.CH2O2/c14-22(20,21)8-10-3-5-17(6-4-10)13(19)11-1-2-12-15-9-16-18(12)7-11;2-1-3/h9-11H,1-8H2,(H2,14,20,21);1H,(H,2,3). The van der Waals surface area contributed by atoms with Crippen LogP contribution in [-0.4, -0.2) is 64.4 Å². The van der Waals surface area contributed by atoms with Crippen LogP contribution in [0, 0.1) is 11.8 Å². The summed E-state index contributed by atoms with van der Waals surface area (Å²) in [6.07, 6.45) is 4.50. The van der Waals surface area contributed by atoms with Gasteiger partial charge in [0.1, 0.15) is 12.2 Å². The largest absolute Gasteiger partial charge is 0.483 e. The van der Waals surface area contributed by atoms with Crippen molar-refractivity contribution in [3.05, 3.63) is 12.2 Å². The summed E-state index contributed by atoms with van der Waals surface area (Å²) in [4.78, 5) is 27.0. The number of amides is 1. The van der Waals surface area contributed by atoms with Crippen LogP contribution >= 0.6 is 0 Å². The van der Waals surface area contributed by atoms with Crippen LogP contribution in [0.1, 0.15) is 25.1 Å². The number of nitrogens with zero attached hydrogens (tertiary/aromatic N) is 4. The second-order valence-corrected chi connectivity index (χ2v) is 7.96. The van der Waals surface area contributed by atoms with Gasteiger partial charge in [0.2, 0.25) is 15.9 Å². The maximum Gasteiger partial charge on any atom is 0.290 e. The van der Waals surface area contributed by atoms with Crippen molar-refractivity contribution in [1.82, 2.24) is 19.7 Å². The monoisotopic (exact) mass is 373 g/mol. The zero-order valence-electron chi connectivity index (χ0n) is 13.8. The Balaban J connectivity index is 0.000000701. The maximum absolute atomic E-state index is 12.6. The van der Waals surface area contributed by atoms with Gasteiger partial charge in [0.25, 0.3) is 6.47 Å². The molecule has 2 aliphatic rings. The van der Waals surface area contributed by atoms with E-state index >= 15 is 0 Å². The van der Waals surface area contributed by atoms with Gasteiger partial charge in [-0.15, -0.1) is 0 Å². The van der Waals surface area contributed by atoms with Crippen LogP contribution in [0.2, 0.25) is 0 Å². The number of primary sulfonamides is 1. The number of carbonyl (C=O) groups excluding carboxylic acids is 1. The predicted octanol–water partition coefficient (Wildman–Crippen LogP) is -0.932. The number of rotatable bonds is 3. The highest BCUT2D eigenvalue weighted by Crippen LogP contribution is 2.24. The normalized spacial score (nSPS) is 21.0. The highest BCUT2D eigenvalue weighted by Gasteiger charge is 2.32. The SMILES string of the molecule is NS(=O)(=O)CC1CCN(C(=O)C2CCc3ncnn3C2)CC1.O=CO. The van der Waals surface area contributed by atoms with Crippen molar-refractivity contribution in [3.8, 4) is 0 Å². The van der Waals surface area contributed by atoms with E-state index in [1.165, 1.54) is 6.33 Å². The van der Waals surface area contributed by atoms with Gasteiger partial charge in [-0.2, -0.15) is 5.10 Å². The molecular formula is C14H23N5O5S.